The monoisotopic (exact) mass is 331 g/mol. The predicted octanol–water partition coefficient (Wildman–Crippen LogP) is 2.82. The molecule has 0 spiro atoms. The van der Waals surface area contributed by atoms with Crippen molar-refractivity contribution in [1.82, 2.24) is 9.38 Å². The molecule has 6 nitrogen and oxygen atoms in total. The standard InChI is InChI=1S/C16H17N3O3S/c1-5-22-16(21)11(7-17)13(23-4)12-15(20)18-14-10(3)6-9(2)8-19(12)14/h6,8,20H,5H2,1-4H3/b13-11-. The number of fused-ring (bicyclic) bond motifs is 1. The fraction of sp³-hybridized carbons (Fsp3) is 0.312. The third kappa shape index (κ3) is 3.03. The summed E-state index contributed by atoms with van der Waals surface area (Å²) in [5.74, 6) is -0.932. The molecular formula is C16H17N3O3S. The molecule has 2 heterocycles. The average Bonchev–Trinajstić information content (AvgIpc) is 2.81. The van der Waals surface area contributed by atoms with Crippen molar-refractivity contribution in [3.63, 3.8) is 0 Å². The number of hydrogen-bond acceptors (Lipinski definition) is 6. The number of aromatic hydroxyl groups is 1. The van der Waals surface area contributed by atoms with Gasteiger partial charge in [0.15, 0.2) is 5.57 Å². The number of ether oxygens (including phenoxy) is 1. The molecule has 0 bridgehead atoms. The number of imidazole rings is 1. The van der Waals surface area contributed by atoms with Crippen LogP contribution in [-0.4, -0.2) is 33.3 Å². The van der Waals surface area contributed by atoms with Crippen LogP contribution in [0.4, 0.5) is 0 Å². The number of nitriles is 1. The number of esters is 1. The van der Waals surface area contributed by atoms with Crippen molar-refractivity contribution in [2.24, 2.45) is 0 Å². The van der Waals surface area contributed by atoms with Crippen LogP contribution in [0.3, 0.4) is 0 Å². The molecule has 120 valence electrons. The summed E-state index contributed by atoms with van der Waals surface area (Å²) in [4.78, 5) is 16.5. The van der Waals surface area contributed by atoms with Crippen LogP contribution < -0.4 is 0 Å². The van der Waals surface area contributed by atoms with Gasteiger partial charge in [0, 0.05) is 6.20 Å². The molecule has 0 atom stereocenters. The first-order chi connectivity index (χ1) is 10.9. The van der Waals surface area contributed by atoms with Crippen LogP contribution in [0.5, 0.6) is 5.88 Å². The topological polar surface area (TPSA) is 87.6 Å². The molecule has 2 aromatic heterocycles. The number of rotatable bonds is 4. The zero-order chi connectivity index (χ0) is 17.1. The van der Waals surface area contributed by atoms with Gasteiger partial charge in [-0.3, -0.25) is 4.40 Å². The van der Waals surface area contributed by atoms with E-state index in [0.29, 0.717) is 16.2 Å². The number of thioether (sulfide) groups is 1. The van der Waals surface area contributed by atoms with Crippen molar-refractivity contribution in [3.8, 4) is 11.9 Å². The Kier molecular flexibility index (Phi) is 4.96. The Labute approximate surface area is 138 Å². The Morgan fingerprint density at radius 2 is 2.22 bits per heavy atom. The molecule has 2 aromatic rings. The highest BCUT2D eigenvalue weighted by Gasteiger charge is 2.24. The largest absolute Gasteiger partial charge is 0.492 e. The van der Waals surface area contributed by atoms with Crippen LogP contribution in [0.25, 0.3) is 10.6 Å². The third-order valence-corrected chi connectivity index (χ3v) is 4.07. The van der Waals surface area contributed by atoms with E-state index in [2.05, 4.69) is 4.98 Å². The quantitative estimate of drug-likeness (QED) is 0.526. The van der Waals surface area contributed by atoms with Gasteiger partial charge in [-0.1, -0.05) is 6.07 Å². The maximum Gasteiger partial charge on any atom is 0.350 e. The lowest BCUT2D eigenvalue weighted by Crippen LogP contribution is -2.09. The van der Waals surface area contributed by atoms with Crippen LogP contribution in [0, 0.1) is 25.2 Å². The maximum absolute atomic E-state index is 12.0. The van der Waals surface area contributed by atoms with E-state index in [1.807, 2.05) is 26.0 Å². The molecule has 0 saturated heterocycles. The molecule has 0 radical (unpaired) electrons. The van der Waals surface area contributed by atoms with Crippen LogP contribution in [0.1, 0.15) is 23.7 Å². The summed E-state index contributed by atoms with van der Waals surface area (Å²) in [6.07, 6.45) is 3.54. The zero-order valence-electron chi connectivity index (χ0n) is 13.4. The van der Waals surface area contributed by atoms with Gasteiger partial charge in [0.2, 0.25) is 5.88 Å². The first kappa shape index (κ1) is 16.9. The minimum atomic E-state index is -0.710. The van der Waals surface area contributed by atoms with Gasteiger partial charge in [0.25, 0.3) is 0 Å². The highest BCUT2D eigenvalue weighted by Crippen LogP contribution is 2.36. The summed E-state index contributed by atoms with van der Waals surface area (Å²) in [5, 5.41) is 19.6. The molecule has 23 heavy (non-hydrogen) atoms. The molecule has 2 rings (SSSR count). The van der Waals surface area contributed by atoms with Crippen molar-refractivity contribution in [2.75, 3.05) is 12.9 Å². The molecule has 7 heteroatoms. The molecule has 0 aromatic carbocycles. The van der Waals surface area contributed by atoms with E-state index in [1.54, 1.807) is 23.8 Å². The van der Waals surface area contributed by atoms with Crippen LogP contribution in [0.15, 0.2) is 17.8 Å². The van der Waals surface area contributed by atoms with Gasteiger partial charge in [-0.05, 0) is 38.2 Å². The van der Waals surface area contributed by atoms with E-state index in [4.69, 9.17) is 4.74 Å². The smallest absolute Gasteiger partial charge is 0.350 e. The van der Waals surface area contributed by atoms with E-state index in [0.717, 1.165) is 11.1 Å². The number of pyridine rings is 1. The number of carbonyl (C=O) groups excluding carboxylic acids is 1. The lowest BCUT2D eigenvalue weighted by atomic mass is 10.2. The van der Waals surface area contributed by atoms with E-state index in [1.165, 1.54) is 11.8 Å². The highest BCUT2D eigenvalue weighted by atomic mass is 32.2. The van der Waals surface area contributed by atoms with Gasteiger partial charge in [-0.2, -0.15) is 10.2 Å². The molecule has 0 amide bonds. The van der Waals surface area contributed by atoms with Crippen molar-refractivity contribution >= 4 is 28.3 Å². The van der Waals surface area contributed by atoms with Crippen molar-refractivity contribution in [3.05, 3.63) is 34.7 Å². The summed E-state index contributed by atoms with van der Waals surface area (Å²) in [5.41, 5.74) is 2.63. The minimum Gasteiger partial charge on any atom is -0.492 e. The molecule has 1 N–H and O–H groups in total. The molecule has 0 fully saturated rings. The Morgan fingerprint density at radius 1 is 1.52 bits per heavy atom. The SMILES string of the molecule is CCOC(=O)/C(C#N)=C(\SC)c1c(O)nc2c(C)cc(C)cn12. The van der Waals surface area contributed by atoms with Crippen LogP contribution in [0.2, 0.25) is 0 Å². The number of nitrogens with zero attached hydrogens (tertiary/aromatic N) is 3. The summed E-state index contributed by atoms with van der Waals surface area (Å²) in [6, 6.07) is 3.83. The highest BCUT2D eigenvalue weighted by molar-refractivity contribution is 8.07. The summed E-state index contributed by atoms with van der Waals surface area (Å²) >= 11 is 1.19. The van der Waals surface area contributed by atoms with Crippen molar-refractivity contribution < 1.29 is 14.6 Å². The average molecular weight is 331 g/mol. The van der Waals surface area contributed by atoms with Crippen molar-refractivity contribution in [1.29, 1.82) is 5.26 Å². The van der Waals surface area contributed by atoms with Gasteiger partial charge in [0.1, 0.15) is 17.4 Å². The minimum absolute atomic E-state index is 0.143. The number of hydrogen-bond donors (Lipinski definition) is 1. The molecule has 0 aliphatic heterocycles. The fourth-order valence-electron chi connectivity index (χ4n) is 2.39. The number of aromatic nitrogens is 2. The van der Waals surface area contributed by atoms with Gasteiger partial charge >= 0.3 is 5.97 Å². The Balaban J connectivity index is 2.81. The lowest BCUT2D eigenvalue weighted by molar-refractivity contribution is -0.137. The number of aryl methyl sites for hydroxylation is 2. The van der Waals surface area contributed by atoms with Crippen LogP contribution in [-0.2, 0) is 9.53 Å². The molecule has 0 aliphatic rings. The third-order valence-electron chi connectivity index (χ3n) is 3.26. The second-order valence-electron chi connectivity index (χ2n) is 4.92. The summed E-state index contributed by atoms with van der Waals surface area (Å²) in [6.45, 7) is 5.65. The van der Waals surface area contributed by atoms with Gasteiger partial charge < -0.3 is 9.84 Å². The van der Waals surface area contributed by atoms with Gasteiger partial charge in [-0.25, -0.2) is 4.79 Å². The van der Waals surface area contributed by atoms with Gasteiger partial charge in [0.05, 0.1) is 11.5 Å². The van der Waals surface area contributed by atoms with E-state index in [-0.39, 0.29) is 18.1 Å². The molecule has 0 unspecified atom stereocenters. The first-order valence-corrected chi connectivity index (χ1v) is 8.21. The van der Waals surface area contributed by atoms with Crippen LogP contribution >= 0.6 is 11.8 Å². The normalized spacial score (nSPS) is 12.0. The number of carbonyl (C=O) groups is 1. The zero-order valence-corrected chi connectivity index (χ0v) is 14.2. The van der Waals surface area contributed by atoms with E-state index < -0.39 is 5.97 Å². The fourth-order valence-corrected chi connectivity index (χ4v) is 3.11. The Hall–Kier alpha value is -2.46. The Bertz CT molecular complexity index is 846. The lowest BCUT2D eigenvalue weighted by Gasteiger charge is -2.09. The Morgan fingerprint density at radius 3 is 2.78 bits per heavy atom. The maximum atomic E-state index is 12.0. The van der Waals surface area contributed by atoms with E-state index >= 15 is 0 Å². The molecular weight excluding hydrogens is 314 g/mol. The molecule has 0 aliphatic carbocycles. The first-order valence-electron chi connectivity index (χ1n) is 6.98. The summed E-state index contributed by atoms with van der Waals surface area (Å²) < 4.78 is 6.63. The molecule has 0 saturated carbocycles. The van der Waals surface area contributed by atoms with E-state index in [9.17, 15) is 15.2 Å². The van der Waals surface area contributed by atoms with Gasteiger partial charge in [-0.15, -0.1) is 11.8 Å². The second-order valence-corrected chi connectivity index (χ2v) is 5.74. The van der Waals surface area contributed by atoms with Crippen molar-refractivity contribution in [2.45, 2.75) is 20.8 Å². The second kappa shape index (κ2) is 6.75. The summed E-state index contributed by atoms with van der Waals surface area (Å²) in [7, 11) is 0. The predicted molar refractivity (Wildman–Crippen MR) is 89.0 cm³/mol.